The molecule has 2 rings (SSSR count). The predicted octanol–water partition coefficient (Wildman–Crippen LogP) is 3.11. The molecule has 132 valence electrons. The molecule has 6 nitrogen and oxygen atoms in total. The lowest BCUT2D eigenvalue weighted by Gasteiger charge is -2.16. The average Bonchev–Trinajstić information content (AvgIpc) is 2.66. The third-order valence-electron chi connectivity index (χ3n) is 3.47. The monoisotopic (exact) mass is 342 g/mol. The third kappa shape index (κ3) is 5.24. The standard InChI is InChI=1S/C19H22N2O4/c1-4-24-17-11-10-15(12-18(17)23-3)13-20-25-14-19(22)21(2)16-8-6-5-7-9-16/h5-13H,4,14H2,1-3H3/b20-13+. The van der Waals surface area contributed by atoms with E-state index in [0.717, 1.165) is 11.3 Å². The molecule has 0 N–H and O–H groups in total. The molecule has 0 atom stereocenters. The number of carbonyl (C=O) groups excluding carboxylic acids is 1. The second kappa shape index (κ2) is 9.32. The quantitative estimate of drug-likeness (QED) is 0.546. The van der Waals surface area contributed by atoms with E-state index in [0.29, 0.717) is 18.1 Å². The van der Waals surface area contributed by atoms with E-state index in [-0.39, 0.29) is 12.5 Å². The number of ether oxygens (including phenoxy) is 2. The van der Waals surface area contributed by atoms with Gasteiger partial charge in [0.1, 0.15) is 0 Å². The molecule has 0 spiro atoms. The second-order valence-electron chi connectivity index (χ2n) is 5.14. The van der Waals surface area contributed by atoms with Gasteiger partial charge in [-0.2, -0.15) is 0 Å². The minimum absolute atomic E-state index is 0.143. The van der Waals surface area contributed by atoms with Crippen molar-refractivity contribution in [3.63, 3.8) is 0 Å². The van der Waals surface area contributed by atoms with Crippen LogP contribution in [0.1, 0.15) is 12.5 Å². The maximum Gasteiger partial charge on any atom is 0.267 e. The molecule has 0 saturated heterocycles. The molecule has 0 radical (unpaired) electrons. The van der Waals surface area contributed by atoms with Gasteiger partial charge in [-0.15, -0.1) is 0 Å². The summed E-state index contributed by atoms with van der Waals surface area (Å²) in [6, 6.07) is 14.8. The van der Waals surface area contributed by atoms with Gasteiger partial charge < -0.3 is 19.2 Å². The van der Waals surface area contributed by atoms with Crippen LogP contribution >= 0.6 is 0 Å². The fourth-order valence-corrected chi connectivity index (χ4v) is 2.12. The van der Waals surface area contributed by atoms with Crippen molar-refractivity contribution in [2.45, 2.75) is 6.92 Å². The van der Waals surface area contributed by atoms with Crippen molar-refractivity contribution in [3.05, 3.63) is 54.1 Å². The zero-order valence-electron chi connectivity index (χ0n) is 14.6. The fraction of sp³-hybridized carbons (Fsp3) is 0.263. The molecule has 0 heterocycles. The lowest BCUT2D eigenvalue weighted by atomic mass is 10.2. The summed E-state index contributed by atoms with van der Waals surface area (Å²) in [6.07, 6.45) is 1.52. The van der Waals surface area contributed by atoms with E-state index < -0.39 is 0 Å². The molecule has 2 aromatic carbocycles. The molecule has 0 aliphatic rings. The van der Waals surface area contributed by atoms with E-state index in [2.05, 4.69) is 5.16 Å². The van der Waals surface area contributed by atoms with Crippen molar-refractivity contribution < 1.29 is 19.1 Å². The number of amides is 1. The number of benzene rings is 2. The lowest BCUT2D eigenvalue weighted by Crippen LogP contribution is -2.29. The Morgan fingerprint density at radius 3 is 2.60 bits per heavy atom. The van der Waals surface area contributed by atoms with Gasteiger partial charge in [-0.05, 0) is 37.3 Å². The summed E-state index contributed by atoms with van der Waals surface area (Å²) in [5.74, 6) is 1.10. The number of hydrogen-bond acceptors (Lipinski definition) is 5. The summed E-state index contributed by atoms with van der Waals surface area (Å²) in [6.45, 7) is 2.33. The lowest BCUT2D eigenvalue weighted by molar-refractivity contribution is -0.122. The summed E-state index contributed by atoms with van der Waals surface area (Å²) in [7, 11) is 3.27. The second-order valence-corrected chi connectivity index (χ2v) is 5.14. The van der Waals surface area contributed by atoms with E-state index in [4.69, 9.17) is 14.3 Å². The molecule has 2 aromatic rings. The number of methoxy groups -OCH3 is 1. The van der Waals surface area contributed by atoms with Crippen molar-refractivity contribution in [3.8, 4) is 11.5 Å². The molecule has 0 fully saturated rings. The fourth-order valence-electron chi connectivity index (χ4n) is 2.12. The number of nitrogens with zero attached hydrogens (tertiary/aromatic N) is 2. The van der Waals surface area contributed by atoms with Gasteiger partial charge in [-0.25, -0.2) is 0 Å². The average molecular weight is 342 g/mol. The summed E-state index contributed by atoms with van der Waals surface area (Å²) in [5.41, 5.74) is 1.58. The minimum atomic E-state index is -0.187. The molecule has 0 aliphatic carbocycles. The van der Waals surface area contributed by atoms with Crippen LogP contribution in [0.25, 0.3) is 0 Å². The van der Waals surface area contributed by atoms with E-state index in [1.165, 1.54) is 11.1 Å². The molecular formula is C19H22N2O4. The van der Waals surface area contributed by atoms with Crippen molar-refractivity contribution in [1.29, 1.82) is 0 Å². The molecule has 25 heavy (non-hydrogen) atoms. The first-order chi connectivity index (χ1) is 12.2. The van der Waals surface area contributed by atoms with Crippen LogP contribution in [0.2, 0.25) is 0 Å². The highest BCUT2D eigenvalue weighted by Gasteiger charge is 2.10. The highest BCUT2D eigenvalue weighted by Crippen LogP contribution is 2.27. The molecule has 0 saturated carbocycles. The van der Waals surface area contributed by atoms with Crippen LogP contribution in [0.4, 0.5) is 5.69 Å². The van der Waals surface area contributed by atoms with Crippen molar-refractivity contribution in [2.24, 2.45) is 5.16 Å². The van der Waals surface area contributed by atoms with Crippen LogP contribution in [0, 0.1) is 0 Å². The SMILES string of the molecule is CCOc1ccc(/C=N/OCC(=O)N(C)c2ccccc2)cc1OC. The van der Waals surface area contributed by atoms with E-state index in [1.807, 2.05) is 43.3 Å². The van der Waals surface area contributed by atoms with Crippen molar-refractivity contribution in [2.75, 3.05) is 32.3 Å². The Kier molecular flexibility index (Phi) is 6.83. The normalized spacial score (nSPS) is 10.5. The zero-order valence-corrected chi connectivity index (χ0v) is 14.6. The number of para-hydroxylation sites is 1. The van der Waals surface area contributed by atoms with Crippen LogP contribution in [0.15, 0.2) is 53.7 Å². The molecule has 6 heteroatoms. The van der Waals surface area contributed by atoms with E-state index >= 15 is 0 Å². The number of oxime groups is 1. The predicted molar refractivity (Wildman–Crippen MR) is 97.6 cm³/mol. The summed E-state index contributed by atoms with van der Waals surface area (Å²) >= 11 is 0. The molecule has 0 bridgehead atoms. The van der Waals surface area contributed by atoms with Crippen molar-refractivity contribution in [1.82, 2.24) is 0 Å². The molecule has 0 aromatic heterocycles. The molecule has 0 unspecified atom stereocenters. The summed E-state index contributed by atoms with van der Waals surface area (Å²) < 4.78 is 10.7. The highest BCUT2D eigenvalue weighted by molar-refractivity contribution is 5.93. The molecule has 1 amide bonds. The van der Waals surface area contributed by atoms with Crippen LogP contribution in [-0.2, 0) is 9.63 Å². The Morgan fingerprint density at radius 1 is 1.16 bits per heavy atom. The number of rotatable bonds is 8. The van der Waals surface area contributed by atoms with Crippen LogP contribution < -0.4 is 14.4 Å². The van der Waals surface area contributed by atoms with Crippen LogP contribution in [0.3, 0.4) is 0 Å². The maximum atomic E-state index is 12.1. The zero-order chi connectivity index (χ0) is 18.1. The van der Waals surface area contributed by atoms with Gasteiger partial charge in [0.15, 0.2) is 18.1 Å². The Labute approximate surface area is 147 Å². The Hall–Kier alpha value is -3.02. The Bertz CT molecular complexity index is 717. The number of hydrogen-bond donors (Lipinski definition) is 0. The maximum absolute atomic E-state index is 12.1. The number of carbonyl (C=O) groups is 1. The van der Waals surface area contributed by atoms with Gasteiger partial charge in [0.25, 0.3) is 5.91 Å². The first-order valence-corrected chi connectivity index (χ1v) is 7.93. The number of likely N-dealkylation sites (N-methyl/N-ethyl adjacent to an activating group) is 1. The summed E-state index contributed by atoms with van der Waals surface area (Å²) in [5, 5.41) is 3.84. The molecular weight excluding hydrogens is 320 g/mol. The van der Waals surface area contributed by atoms with E-state index in [1.54, 1.807) is 26.3 Å². The van der Waals surface area contributed by atoms with Gasteiger partial charge in [0, 0.05) is 18.3 Å². The van der Waals surface area contributed by atoms with E-state index in [9.17, 15) is 4.79 Å². The van der Waals surface area contributed by atoms with Gasteiger partial charge in [0.2, 0.25) is 0 Å². The van der Waals surface area contributed by atoms with Crippen LogP contribution in [0.5, 0.6) is 11.5 Å². The first kappa shape index (κ1) is 18.3. The van der Waals surface area contributed by atoms with Crippen molar-refractivity contribution >= 4 is 17.8 Å². The van der Waals surface area contributed by atoms with Gasteiger partial charge in [0.05, 0.1) is 19.9 Å². The summed E-state index contributed by atoms with van der Waals surface area (Å²) in [4.78, 5) is 18.7. The Balaban J connectivity index is 1.89. The topological polar surface area (TPSA) is 60.4 Å². The smallest absolute Gasteiger partial charge is 0.267 e. The first-order valence-electron chi connectivity index (χ1n) is 7.93. The number of anilines is 1. The molecule has 0 aliphatic heterocycles. The van der Waals surface area contributed by atoms with Gasteiger partial charge in [-0.3, -0.25) is 4.79 Å². The minimum Gasteiger partial charge on any atom is -0.493 e. The largest absolute Gasteiger partial charge is 0.493 e. The highest BCUT2D eigenvalue weighted by atomic mass is 16.6. The van der Waals surface area contributed by atoms with Gasteiger partial charge in [-0.1, -0.05) is 23.4 Å². The third-order valence-corrected chi connectivity index (χ3v) is 3.47. The Morgan fingerprint density at radius 2 is 1.92 bits per heavy atom. The van der Waals surface area contributed by atoms with Crippen LogP contribution in [-0.4, -0.2) is 39.5 Å². The van der Waals surface area contributed by atoms with Gasteiger partial charge >= 0.3 is 0 Å².